The van der Waals surface area contributed by atoms with E-state index in [1.54, 1.807) is 11.1 Å². The molecule has 0 radical (unpaired) electrons. The second-order valence-corrected chi connectivity index (χ2v) is 18.0. The van der Waals surface area contributed by atoms with Crippen molar-refractivity contribution in [1.82, 2.24) is 0 Å². The van der Waals surface area contributed by atoms with Crippen molar-refractivity contribution in [3.05, 3.63) is 193 Å². The average molecular weight is 741 g/mol. The van der Waals surface area contributed by atoms with Crippen LogP contribution >= 0.6 is 0 Å². The molecule has 0 aliphatic heterocycles. The Morgan fingerprint density at radius 3 is 1.33 bits per heavy atom. The second kappa shape index (κ2) is 12.4. The van der Waals surface area contributed by atoms with Crippen LogP contribution in [0.25, 0.3) is 88.0 Å². The van der Waals surface area contributed by atoms with Crippen LogP contribution < -0.4 is 0 Å². The minimum Gasteiger partial charge on any atom is -0.0622 e. The predicted octanol–water partition coefficient (Wildman–Crippen LogP) is 15.5. The monoisotopic (exact) mass is 740 g/mol. The first kappa shape index (κ1) is 32.8. The van der Waals surface area contributed by atoms with E-state index in [0.717, 1.165) is 23.7 Å². The van der Waals surface area contributed by atoms with Crippen LogP contribution in [0.15, 0.2) is 182 Å². The molecule has 58 heavy (non-hydrogen) atoms. The number of rotatable bonds is 4. The highest BCUT2D eigenvalue weighted by Gasteiger charge is 2.61. The first-order valence-corrected chi connectivity index (χ1v) is 21.6. The van der Waals surface area contributed by atoms with E-state index in [4.69, 9.17) is 0 Å². The first-order valence-electron chi connectivity index (χ1n) is 21.6. The van der Waals surface area contributed by atoms with E-state index in [0.29, 0.717) is 0 Å². The lowest BCUT2D eigenvalue weighted by atomic mass is 9.43. The van der Waals surface area contributed by atoms with Gasteiger partial charge >= 0.3 is 0 Å². The molecule has 0 heterocycles. The zero-order valence-corrected chi connectivity index (χ0v) is 32.7. The van der Waals surface area contributed by atoms with Crippen LogP contribution in [0.3, 0.4) is 0 Å². The molecule has 1 spiro atoms. The molecule has 4 saturated carbocycles. The summed E-state index contributed by atoms with van der Waals surface area (Å²) in [7, 11) is 0. The minimum absolute atomic E-state index is 0.104. The quantitative estimate of drug-likeness (QED) is 0.158. The fraction of sp³-hybridized carbons (Fsp3) is 0.172. The second-order valence-electron chi connectivity index (χ2n) is 18.0. The molecule has 0 amide bonds. The zero-order chi connectivity index (χ0) is 38.0. The van der Waals surface area contributed by atoms with Crippen molar-refractivity contribution >= 4 is 32.3 Å². The summed E-state index contributed by atoms with van der Waals surface area (Å²) in [5.41, 5.74) is 16.6. The van der Waals surface area contributed by atoms with Gasteiger partial charge < -0.3 is 0 Å². The maximum absolute atomic E-state index is 2.69. The van der Waals surface area contributed by atoms with E-state index in [9.17, 15) is 0 Å². The van der Waals surface area contributed by atoms with Crippen LogP contribution in [0.5, 0.6) is 0 Å². The number of fused-ring (bicyclic) bond motifs is 7. The van der Waals surface area contributed by atoms with E-state index >= 15 is 0 Å². The highest BCUT2D eigenvalue weighted by Crippen LogP contribution is 2.70. The Morgan fingerprint density at radius 1 is 0.310 bits per heavy atom. The minimum atomic E-state index is 0.104. The molecule has 14 rings (SSSR count). The molecule has 0 saturated heterocycles. The van der Waals surface area contributed by atoms with Gasteiger partial charge in [-0.25, -0.2) is 0 Å². The lowest BCUT2D eigenvalue weighted by molar-refractivity contribution is -0.0399. The highest BCUT2D eigenvalue weighted by atomic mass is 14.6. The topological polar surface area (TPSA) is 0 Å². The highest BCUT2D eigenvalue weighted by molar-refractivity contribution is 6.21. The lowest BCUT2D eigenvalue weighted by Gasteiger charge is -2.61. The van der Waals surface area contributed by atoms with Gasteiger partial charge in [-0.05, 0) is 161 Å². The molecule has 4 bridgehead atoms. The summed E-state index contributed by atoms with van der Waals surface area (Å²) in [5.74, 6) is 3.28. The summed E-state index contributed by atoms with van der Waals surface area (Å²) in [6.45, 7) is 0. The van der Waals surface area contributed by atoms with E-state index < -0.39 is 0 Å². The van der Waals surface area contributed by atoms with Gasteiger partial charge in [0.05, 0.1) is 0 Å². The number of hydrogen-bond donors (Lipinski definition) is 0. The van der Waals surface area contributed by atoms with Gasteiger partial charge in [0.1, 0.15) is 0 Å². The lowest BCUT2D eigenvalue weighted by Crippen LogP contribution is -2.55. The predicted molar refractivity (Wildman–Crippen MR) is 244 cm³/mol. The zero-order valence-electron chi connectivity index (χ0n) is 32.7. The SMILES string of the molecule is c1ccc(-c2ccc(-c3ccc(-c4c5ccccc5c(-c5ccc6c(c5)C5(c7ccc8ccccc8c7-6)C6CC7CC(C6)CC5C7)c5ccccc45)cc3)cc2)cc1. The summed E-state index contributed by atoms with van der Waals surface area (Å²) in [6.07, 6.45) is 7.03. The Labute approximate surface area is 340 Å². The van der Waals surface area contributed by atoms with Crippen LogP contribution in [0.1, 0.15) is 43.2 Å². The van der Waals surface area contributed by atoms with Crippen LogP contribution in [-0.4, -0.2) is 0 Å². The Balaban J connectivity index is 0.979. The molecule has 0 atom stereocenters. The molecule has 9 aromatic carbocycles. The average Bonchev–Trinajstić information content (AvgIpc) is 3.58. The van der Waals surface area contributed by atoms with Crippen molar-refractivity contribution in [2.75, 3.05) is 0 Å². The van der Waals surface area contributed by atoms with Crippen molar-refractivity contribution in [3.8, 4) is 55.6 Å². The van der Waals surface area contributed by atoms with Crippen LogP contribution in [0, 0.1) is 23.7 Å². The number of hydrogen-bond acceptors (Lipinski definition) is 0. The first-order chi connectivity index (χ1) is 28.7. The molecular formula is C58H44. The molecule has 9 aromatic rings. The third-order valence-corrected chi connectivity index (χ3v) is 15.3. The van der Waals surface area contributed by atoms with Crippen LogP contribution in [-0.2, 0) is 5.41 Å². The fourth-order valence-corrected chi connectivity index (χ4v) is 13.2. The van der Waals surface area contributed by atoms with Gasteiger partial charge in [-0.3, -0.25) is 0 Å². The molecule has 5 aliphatic carbocycles. The van der Waals surface area contributed by atoms with E-state index in [2.05, 4.69) is 182 Å². The third kappa shape index (κ3) is 4.58. The molecule has 276 valence electrons. The molecule has 4 fully saturated rings. The van der Waals surface area contributed by atoms with Gasteiger partial charge in [0.25, 0.3) is 0 Å². The van der Waals surface area contributed by atoms with E-state index in [-0.39, 0.29) is 5.41 Å². The largest absolute Gasteiger partial charge is 0.0622 e. The standard InChI is InChI=1S/C58H44/c1-2-10-38(11-3-1)39-18-20-40(21-19-39)41-22-24-43(25-23-41)55-48-14-6-8-16-50(48)56(51-17-9-7-15-49(51)55)44-26-28-52-54(35-44)58(45-31-36-30-37(33-45)34-46(58)32-36)53-29-27-42-12-4-5-13-47(42)57(52)53/h1-29,35-37,45-46H,30-34H2. The fourth-order valence-electron chi connectivity index (χ4n) is 13.2. The summed E-state index contributed by atoms with van der Waals surface area (Å²) in [6, 6.07) is 69.1. The maximum atomic E-state index is 2.69. The van der Waals surface area contributed by atoms with Crippen LogP contribution in [0.4, 0.5) is 0 Å². The van der Waals surface area contributed by atoms with Gasteiger partial charge in [-0.15, -0.1) is 0 Å². The molecule has 5 aliphatic rings. The summed E-state index contributed by atoms with van der Waals surface area (Å²) < 4.78 is 0. The third-order valence-electron chi connectivity index (χ3n) is 15.3. The Hall–Kier alpha value is -6.24. The van der Waals surface area contributed by atoms with Gasteiger partial charge in [0.2, 0.25) is 0 Å². The van der Waals surface area contributed by atoms with Gasteiger partial charge in [0, 0.05) is 5.41 Å². The van der Waals surface area contributed by atoms with E-state index in [1.807, 2.05) is 0 Å². The molecule has 0 heteroatoms. The summed E-state index contributed by atoms with van der Waals surface area (Å²) in [5, 5.41) is 8.08. The van der Waals surface area contributed by atoms with Crippen LogP contribution in [0.2, 0.25) is 0 Å². The Kier molecular flexibility index (Phi) is 7.00. The van der Waals surface area contributed by atoms with Gasteiger partial charge in [-0.1, -0.05) is 176 Å². The Bertz CT molecular complexity index is 3010. The summed E-state index contributed by atoms with van der Waals surface area (Å²) >= 11 is 0. The van der Waals surface area contributed by atoms with Gasteiger partial charge in [0.15, 0.2) is 0 Å². The maximum Gasteiger partial charge on any atom is 0.0272 e. The van der Waals surface area contributed by atoms with Crippen molar-refractivity contribution in [3.63, 3.8) is 0 Å². The van der Waals surface area contributed by atoms with E-state index in [1.165, 1.54) is 120 Å². The smallest absolute Gasteiger partial charge is 0.0272 e. The summed E-state index contributed by atoms with van der Waals surface area (Å²) in [4.78, 5) is 0. The molecule has 0 aromatic heterocycles. The van der Waals surface area contributed by atoms with Crippen molar-refractivity contribution < 1.29 is 0 Å². The molecule has 0 nitrogen and oxygen atoms in total. The van der Waals surface area contributed by atoms with Gasteiger partial charge in [-0.2, -0.15) is 0 Å². The Morgan fingerprint density at radius 2 is 0.759 bits per heavy atom. The van der Waals surface area contributed by atoms with Crippen molar-refractivity contribution in [2.24, 2.45) is 23.7 Å². The van der Waals surface area contributed by atoms with Crippen molar-refractivity contribution in [1.29, 1.82) is 0 Å². The molecule has 0 N–H and O–H groups in total. The normalized spacial score (nSPS) is 22.6. The number of benzene rings is 9. The van der Waals surface area contributed by atoms with Crippen molar-refractivity contribution in [2.45, 2.75) is 37.5 Å². The molecular weight excluding hydrogens is 697 g/mol. The molecule has 0 unspecified atom stereocenters.